The van der Waals surface area contributed by atoms with Gasteiger partial charge in [0.15, 0.2) is 0 Å². The van der Waals surface area contributed by atoms with E-state index in [1.54, 1.807) is 0 Å². The van der Waals surface area contributed by atoms with Crippen molar-refractivity contribution in [3.05, 3.63) is 29.3 Å². The third-order valence-electron chi connectivity index (χ3n) is 4.37. The zero-order valence-electron chi connectivity index (χ0n) is 14.2. The summed E-state index contributed by atoms with van der Waals surface area (Å²) in [6, 6.07) is 6.13. The van der Waals surface area contributed by atoms with Gasteiger partial charge in [0, 0.05) is 18.8 Å². The van der Waals surface area contributed by atoms with Crippen LogP contribution in [0.1, 0.15) is 37.8 Å². The number of piperidine rings is 1. The standard InChI is InChI=1S/C18H26N2OS2/c1-4-15-7-5-6-14(3)17(15)19-16(21)12-23-18(22)20-10-8-13(2)9-11-20/h5-7,13H,4,8-12H2,1-3H3,(H,19,21). The van der Waals surface area contributed by atoms with Crippen molar-refractivity contribution in [2.24, 2.45) is 5.92 Å². The zero-order valence-corrected chi connectivity index (χ0v) is 15.9. The summed E-state index contributed by atoms with van der Waals surface area (Å²) >= 11 is 6.96. The molecule has 1 aromatic carbocycles. The van der Waals surface area contributed by atoms with Crippen molar-refractivity contribution >= 4 is 39.9 Å². The number of carbonyl (C=O) groups is 1. The molecule has 1 amide bonds. The number of nitrogens with zero attached hydrogens (tertiary/aromatic N) is 1. The summed E-state index contributed by atoms with van der Waals surface area (Å²) < 4.78 is 0.854. The summed E-state index contributed by atoms with van der Waals surface area (Å²) in [6.45, 7) is 8.46. The van der Waals surface area contributed by atoms with Crippen molar-refractivity contribution in [2.45, 2.75) is 40.0 Å². The van der Waals surface area contributed by atoms with Crippen LogP contribution in [-0.4, -0.2) is 34.0 Å². The van der Waals surface area contributed by atoms with E-state index in [1.165, 1.54) is 30.2 Å². The van der Waals surface area contributed by atoms with Gasteiger partial charge in [0.1, 0.15) is 4.32 Å². The van der Waals surface area contributed by atoms with E-state index in [0.29, 0.717) is 5.75 Å². The number of nitrogens with one attached hydrogen (secondary N) is 1. The molecule has 1 N–H and O–H groups in total. The quantitative estimate of drug-likeness (QED) is 0.823. The van der Waals surface area contributed by atoms with Gasteiger partial charge < -0.3 is 10.2 Å². The molecule has 0 aromatic heterocycles. The first kappa shape index (κ1) is 18.3. The SMILES string of the molecule is CCc1cccc(C)c1NC(=O)CSC(=S)N1CCC(C)CC1. The molecule has 1 aromatic rings. The highest BCUT2D eigenvalue weighted by Gasteiger charge is 2.19. The van der Waals surface area contributed by atoms with Gasteiger partial charge in [-0.05, 0) is 43.2 Å². The van der Waals surface area contributed by atoms with E-state index in [2.05, 4.69) is 30.1 Å². The van der Waals surface area contributed by atoms with E-state index >= 15 is 0 Å². The minimum Gasteiger partial charge on any atom is -0.357 e. The van der Waals surface area contributed by atoms with Crippen molar-refractivity contribution in [1.29, 1.82) is 0 Å². The normalized spacial score (nSPS) is 15.5. The molecule has 0 aliphatic carbocycles. The topological polar surface area (TPSA) is 32.3 Å². The van der Waals surface area contributed by atoms with Crippen molar-refractivity contribution in [2.75, 3.05) is 24.2 Å². The predicted octanol–water partition coefficient (Wildman–Crippen LogP) is 4.25. The molecular formula is C18H26N2OS2. The fourth-order valence-electron chi connectivity index (χ4n) is 2.79. The molecule has 1 fully saturated rings. The smallest absolute Gasteiger partial charge is 0.234 e. The number of rotatable bonds is 4. The van der Waals surface area contributed by atoms with Crippen molar-refractivity contribution in [3.63, 3.8) is 0 Å². The Balaban J connectivity index is 1.85. The van der Waals surface area contributed by atoms with Gasteiger partial charge >= 0.3 is 0 Å². The molecule has 3 nitrogen and oxygen atoms in total. The first-order valence-corrected chi connectivity index (χ1v) is 9.70. The predicted molar refractivity (Wildman–Crippen MR) is 104 cm³/mol. The van der Waals surface area contributed by atoms with E-state index in [4.69, 9.17) is 12.2 Å². The van der Waals surface area contributed by atoms with Gasteiger partial charge in [0.05, 0.1) is 5.75 Å². The van der Waals surface area contributed by atoms with Crippen LogP contribution < -0.4 is 5.32 Å². The number of hydrogen-bond donors (Lipinski definition) is 1. The maximum Gasteiger partial charge on any atom is 0.234 e. The Morgan fingerprint density at radius 2 is 2.09 bits per heavy atom. The first-order chi connectivity index (χ1) is 11.0. The van der Waals surface area contributed by atoms with Crippen LogP contribution in [0, 0.1) is 12.8 Å². The first-order valence-electron chi connectivity index (χ1n) is 8.31. The van der Waals surface area contributed by atoms with Gasteiger partial charge in [-0.15, -0.1) is 0 Å². The van der Waals surface area contributed by atoms with Gasteiger partial charge in [-0.25, -0.2) is 0 Å². The Hall–Kier alpha value is -1.07. The second-order valence-electron chi connectivity index (χ2n) is 6.23. The molecule has 1 saturated heterocycles. The van der Waals surface area contributed by atoms with Crippen LogP contribution >= 0.6 is 24.0 Å². The number of amides is 1. The Morgan fingerprint density at radius 3 is 2.74 bits per heavy atom. The van der Waals surface area contributed by atoms with Crippen LogP contribution in [-0.2, 0) is 11.2 Å². The summed E-state index contributed by atoms with van der Waals surface area (Å²) in [6.07, 6.45) is 3.29. The molecule has 0 unspecified atom stereocenters. The Kier molecular flexibility index (Phi) is 6.90. The zero-order chi connectivity index (χ0) is 16.8. The molecule has 23 heavy (non-hydrogen) atoms. The van der Waals surface area contributed by atoms with Crippen LogP contribution in [0.2, 0.25) is 0 Å². The molecule has 0 saturated carbocycles. The summed E-state index contributed by atoms with van der Waals surface area (Å²) in [4.78, 5) is 14.5. The third-order valence-corrected chi connectivity index (χ3v) is 5.90. The molecule has 1 aliphatic rings. The summed E-state index contributed by atoms with van der Waals surface area (Å²) in [5.41, 5.74) is 3.24. The second-order valence-corrected chi connectivity index (χ2v) is 7.84. The average Bonchev–Trinajstić information content (AvgIpc) is 2.55. The largest absolute Gasteiger partial charge is 0.357 e. The third kappa shape index (κ3) is 5.21. The highest BCUT2D eigenvalue weighted by molar-refractivity contribution is 8.23. The fourth-order valence-corrected chi connectivity index (χ4v) is 3.84. The summed E-state index contributed by atoms with van der Waals surface area (Å²) in [5, 5.41) is 3.06. The molecule has 0 radical (unpaired) electrons. The molecule has 1 aliphatic heterocycles. The maximum atomic E-state index is 12.3. The molecule has 5 heteroatoms. The number of thiocarbonyl (C=S) groups is 1. The Bertz CT molecular complexity index is 566. The number of hydrogen-bond acceptors (Lipinski definition) is 3. The Labute approximate surface area is 149 Å². The highest BCUT2D eigenvalue weighted by Crippen LogP contribution is 2.23. The van der Waals surface area contributed by atoms with E-state index < -0.39 is 0 Å². The molecule has 0 atom stereocenters. The molecule has 2 rings (SSSR count). The maximum absolute atomic E-state index is 12.3. The number of benzene rings is 1. The molecule has 126 valence electrons. The molecular weight excluding hydrogens is 324 g/mol. The van der Waals surface area contributed by atoms with E-state index in [-0.39, 0.29) is 5.91 Å². The lowest BCUT2D eigenvalue weighted by atomic mass is 10.00. The summed E-state index contributed by atoms with van der Waals surface area (Å²) in [7, 11) is 0. The molecule has 0 bridgehead atoms. The number of thioether (sulfide) groups is 1. The van der Waals surface area contributed by atoms with Gasteiger partial charge in [0.25, 0.3) is 0 Å². The molecule has 1 heterocycles. The number of carbonyl (C=O) groups excluding carboxylic acids is 1. The van der Waals surface area contributed by atoms with Crippen molar-refractivity contribution in [3.8, 4) is 0 Å². The van der Waals surface area contributed by atoms with Gasteiger partial charge in [-0.2, -0.15) is 0 Å². The summed E-state index contributed by atoms with van der Waals surface area (Å²) in [5.74, 6) is 1.19. The van der Waals surface area contributed by atoms with Crippen LogP contribution in [0.3, 0.4) is 0 Å². The lowest BCUT2D eigenvalue weighted by Gasteiger charge is -2.31. The van der Waals surface area contributed by atoms with E-state index in [9.17, 15) is 4.79 Å². The second kappa shape index (κ2) is 8.69. The van der Waals surface area contributed by atoms with Gasteiger partial charge in [-0.1, -0.05) is 56.0 Å². The Morgan fingerprint density at radius 1 is 1.39 bits per heavy atom. The number of aryl methyl sites for hydroxylation is 2. The van der Waals surface area contributed by atoms with Crippen LogP contribution in [0.25, 0.3) is 0 Å². The lowest BCUT2D eigenvalue weighted by molar-refractivity contribution is -0.113. The van der Waals surface area contributed by atoms with Crippen LogP contribution in [0.5, 0.6) is 0 Å². The van der Waals surface area contributed by atoms with Gasteiger partial charge in [-0.3, -0.25) is 4.79 Å². The van der Waals surface area contributed by atoms with Crippen molar-refractivity contribution in [1.82, 2.24) is 4.90 Å². The minimum atomic E-state index is 0.0201. The van der Waals surface area contributed by atoms with E-state index in [0.717, 1.165) is 41.0 Å². The number of likely N-dealkylation sites (tertiary alicyclic amines) is 1. The fraction of sp³-hybridized carbons (Fsp3) is 0.556. The number of anilines is 1. The van der Waals surface area contributed by atoms with Crippen molar-refractivity contribution < 1.29 is 4.79 Å². The highest BCUT2D eigenvalue weighted by atomic mass is 32.2. The van der Waals surface area contributed by atoms with E-state index in [1.807, 2.05) is 19.1 Å². The number of para-hydroxylation sites is 1. The molecule has 0 spiro atoms. The average molecular weight is 351 g/mol. The van der Waals surface area contributed by atoms with Crippen LogP contribution in [0.15, 0.2) is 18.2 Å². The lowest BCUT2D eigenvalue weighted by Crippen LogP contribution is -2.36. The minimum absolute atomic E-state index is 0.0201. The monoisotopic (exact) mass is 350 g/mol. The van der Waals surface area contributed by atoms with Crippen LogP contribution in [0.4, 0.5) is 5.69 Å². The van der Waals surface area contributed by atoms with Gasteiger partial charge in [0.2, 0.25) is 5.91 Å².